The SMILES string of the molecule is C=C/C=C\c1c(C)cc(C)c(C[C@H]2c3ccccc3CCC2C)c1C. The zero-order valence-corrected chi connectivity index (χ0v) is 16.1. The molecule has 0 spiro atoms. The summed E-state index contributed by atoms with van der Waals surface area (Å²) in [6.45, 7) is 13.0. The second-order valence-electron chi connectivity index (χ2n) is 7.65. The van der Waals surface area contributed by atoms with Crippen LogP contribution in [0.25, 0.3) is 6.08 Å². The van der Waals surface area contributed by atoms with Crippen LogP contribution < -0.4 is 0 Å². The maximum absolute atomic E-state index is 3.82. The zero-order chi connectivity index (χ0) is 18.0. The minimum Gasteiger partial charge on any atom is -0.0991 e. The summed E-state index contributed by atoms with van der Waals surface area (Å²) in [5.74, 6) is 1.36. The summed E-state index contributed by atoms with van der Waals surface area (Å²) >= 11 is 0. The fraction of sp³-hybridized carbons (Fsp3) is 0.360. The minimum atomic E-state index is 0.626. The molecule has 2 atom stereocenters. The first-order valence-electron chi connectivity index (χ1n) is 9.49. The van der Waals surface area contributed by atoms with Crippen molar-refractivity contribution in [3.8, 4) is 0 Å². The van der Waals surface area contributed by atoms with E-state index >= 15 is 0 Å². The second kappa shape index (κ2) is 7.44. The van der Waals surface area contributed by atoms with Crippen LogP contribution in [0.2, 0.25) is 0 Å². The lowest BCUT2D eigenvalue weighted by Crippen LogP contribution is -2.21. The van der Waals surface area contributed by atoms with Gasteiger partial charge in [0.2, 0.25) is 0 Å². The van der Waals surface area contributed by atoms with Gasteiger partial charge in [-0.15, -0.1) is 0 Å². The lowest BCUT2D eigenvalue weighted by Gasteiger charge is -2.32. The molecule has 0 N–H and O–H groups in total. The van der Waals surface area contributed by atoms with Crippen molar-refractivity contribution >= 4 is 6.08 Å². The molecule has 2 aromatic rings. The normalized spacial score (nSPS) is 19.8. The van der Waals surface area contributed by atoms with E-state index in [4.69, 9.17) is 0 Å². The third-order valence-corrected chi connectivity index (χ3v) is 6.02. The highest BCUT2D eigenvalue weighted by Gasteiger charge is 2.27. The first-order chi connectivity index (χ1) is 12.0. The maximum Gasteiger partial charge on any atom is -0.00927 e. The molecular formula is C25H30. The Hall–Kier alpha value is -2.08. The molecule has 0 saturated carbocycles. The average Bonchev–Trinajstić information content (AvgIpc) is 2.60. The van der Waals surface area contributed by atoms with Gasteiger partial charge in [-0.1, -0.05) is 62.1 Å². The molecule has 0 heteroatoms. The van der Waals surface area contributed by atoms with Crippen LogP contribution >= 0.6 is 0 Å². The number of fused-ring (bicyclic) bond motifs is 1. The van der Waals surface area contributed by atoms with E-state index in [0.29, 0.717) is 5.92 Å². The Morgan fingerprint density at radius 3 is 2.64 bits per heavy atom. The fourth-order valence-electron chi connectivity index (χ4n) is 4.52. The molecule has 0 heterocycles. The summed E-state index contributed by atoms with van der Waals surface area (Å²) in [5.41, 5.74) is 10.2. The molecule has 2 aromatic carbocycles. The van der Waals surface area contributed by atoms with E-state index in [1.807, 2.05) is 12.2 Å². The standard InChI is InChI=1S/C25H30/c1-6-7-11-22-18(3)15-19(4)24(20(22)5)16-25-17(2)13-14-21-10-8-9-12-23(21)25/h6-12,15,17,25H,1,13-14,16H2,2-5H3/b11-7-/t17?,25-/m1/s1. The molecule has 1 aliphatic carbocycles. The van der Waals surface area contributed by atoms with Crippen molar-refractivity contribution in [1.82, 2.24) is 0 Å². The summed E-state index contributed by atoms with van der Waals surface area (Å²) in [7, 11) is 0. The van der Waals surface area contributed by atoms with Gasteiger partial charge in [-0.2, -0.15) is 0 Å². The Balaban J connectivity index is 2.03. The van der Waals surface area contributed by atoms with E-state index in [9.17, 15) is 0 Å². The number of allylic oxidation sites excluding steroid dienone is 2. The molecule has 0 aliphatic heterocycles. The average molecular weight is 331 g/mol. The predicted molar refractivity (Wildman–Crippen MR) is 110 cm³/mol. The van der Waals surface area contributed by atoms with Crippen molar-refractivity contribution in [2.75, 3.05) is 0 Å². The zero-order valence-electron chi connectivity index (χ0n) is 16.1. The van der Waals surface area contributed by atoms with Crippen molar-refractivity contribution in [1.29, 1.82) is 0 Å². The van der Waals surface area contributed by atoms with Gasteiger partial charge >= 0.3 is 0 Å². The third-order valence-electron chi connectivity index (χ3n) is 6.02. The number of rotatable bonds is 4. The third kappa shape index (κ3) is 3.49. The molecule has 3 rings (SSSR count). The van der Waals surface area contributed by atoms with Gasteiger partial charge in [-0.25, -0.2) is 0 Å². The Morgan fingerprint density at radius 2 is 1.88 bits per heavy atom. The van der Waals surface area contributed by atoms with E-state index in [1.54, 1.807) is 11.1 Å². The highest BCUT2D eigenvalue weighted by molar-refractivity contribution is 5.62. The van der Waals surface area contributed by atoms with Gasteiger partial charge < -0.3 is 0 Å². The molecule has 0 saturated heterocycles. The van der Waals surface area contributed by atoms with Crippen LogP contribution in [0.3, 0.4) is 0 Å². The molecule has 25 heavy (non-hydrogen) atoms. The number of aryl methyl sites for hydroxylation is 3. The van der Waals surface area contributed by atoms with E-state index < -0.39 is 0 Å². The molecule has 130 valence electrons. The topological polar surface area (TPSA) is 0 Å². The van der Waals surface area contributed by atoms with Crippen LogP contribution in [0.4, 0.5) is 0 Å². The summed E-state index contributed by atoms with van der Waals surface area (Å²) in [5, 5.41) is 0. The van der Waals surface area contributed by atoms with Gasteiger partial charge in [-0.3, -0.25) is 0 Å². The van der Waals surface area contributed by atoms with E-state index in [1.165, 1.54) is 40.7 Å². The Kier molecular flexibility index (Phi) is 5.27. The Morgan fingerprint density at radius 1 is 1.12 bits per heavy atom. The van der Waals surface area contributed by atoms with E-state index in [2.05, 4.69) is 70.7 Å². The molecule has 0 amide bonds. The van der Waals surface area contributed by atoms with Gasteiger partial charge in [-0.05, 0) is 90.8 Å². The highest BCUT2D eigenvalue weighted by Crippen LogP contribution is 2.39. The maximum atomic E-state index is 3.82. The van der Waals surface area contributed by atoms with Crippen molar-refractivity contribution in [2.24, 2.45) is 5.92 Å². The summed E-state index contributed by atoms with van der Waals surface area (Å²) in [6, 6.07) is 11.4. The summed E-state index contributed by atoms with van der Waals surface area (Å²) in [4.78, 5) is 0. The molecule has 0 bridgehead atoms. The Labute approximate surface area is 153 Å². The fourth-order valence-corrected chi connectivity index (χ4v) is 4.52. The van der Waals surface area contributed by atoms with Crippen molar-refractivity contribution in [2.45, 2.75) is 52.9 Å². The van der Waals surface area contributed by atoms with Gasteiger partial charge in [0.05, 0.1) is 0 Å². The van der Waals surface area contributed by atoms with Crippen LogP contribution in [-0.4, -0.2) is 0 Å². The monoisotopic (exact) mass is 330 g/mol. The van der Waals surface area contributed by atoms with E-state index in [0.717, 1.165) is 12.3 Å². The van der Waals surface area contributed by atoms with Crippen LogP contribution in [0, 0.1) is 26.7 Å². The van der Waals surface area contributed by atoms with Gasteiger partial charge in [0.1, 0.15) is 0 Å². The first-order valence-corrected chi connectivity index (χ1v) is 9.49. The van der Waals surface area contributed by atoms with Gasteiger partial charge in [0.15, 0.2) is 0 Å². The van der Waals surface area contributed by atoms with Gasteiger partial charge in [0, 0.05) is 0 Å². The van der Waals surface area contributed by atoms with E-state index in [-0.39, 0.29) is 0 Å². The van der Waals surface area contributed by atoms with Crippen LogP contribution in [0.5, 0.6) is 0 Å². The summed E-state index contributed by atoms with van der Waals surface area (Å²) < 4.78 is 0. The molecule has 1 aliphatic rings. The number of benzene rings is 2. The predicted octanol–water partition coefficient (Wildman–Crippen LogP) is 6.72. The smallest absolute Gasteiger partial charge is 0.00927 e. The Bertz CT molecular complexity index is 807. The highest BCUT2D eigenvalue weighted by atomic mass is 14.3. The lowest BCUT2D eigenvalue weighted by atomic mass is 9.72. The van der Waals surface area contributed by atoms with Crippen molar-refractivity contribution in [3.63, 3.8) is 0 Å². The summed E-state index contributed by atoms with van der Waals surface area (Å²) in [6.07, 6.45) is 9.79. The number of hydrogen-bond acceptors (Lipinski definition) is 0. The first kappa shape index (κ1) is 17.7. The molecule has 0 fully saturated rings. The van der Waals surface area contributed by atoms with Crippen LogP contribution in [-0.2, 0) is 12.8 Å². The molecular weight excluding hydrogens is 300 g/mol. The molecule has 1 unspecified atom stereocenters. The van der Waals surface area contributed by atoms with Gasteiger partial charge in [0.25, 0.3) is 0 Å². The quantitative estimate of drug-likeness (QED) is 0.546. The molecule has 0 radical (unpaired) electrons. The minimum absolute atomic E-state index is 0.626. The lowest BCUT2D eigenvalue weighted by molar-refractivity contribution is 0.399. The number of hydrogen-bond donors (Lipinski definition) is 0. The van der Waals surface area contributed by atoms with Crippen LogP contribution in [0.15, 0.2) is 49.1 Å². The molecule has 0 aromatic heterocycles. The largest absolute Gasteiger partial charge is 0.0991 e. The van der Waals surface area contributed by atoms with Crippen LogP contribution in [0.1, 0.15) is 58.2 Å². The van der Waals surface area contributed by atoms with Crippen molar-refractivity contribution < 1.29 is 0 Å². The second-order valence-corrected chi connectivity index (χ2v) is 7.65. The molecule has 0 nitrogen and oxygen atoms in total. The van der Waals surface area contributed by atoms with Crippen molar-refractivity contribution in [3.05, 3.63) is 88.0 Å².